The number of fused-ring (bicyclic) bond motifs is 1. The van der Waals surface area contributed by atoms with Gasteiger partial charge in [-0.3, -0.25) is 4.90 Å². The number of carbonyl (C=O) groups is 1. The van der Waals surface area contributed by atoms with Crippen molar-refractivity contribution in [1.29, 1.82) is 0 Å². The van der Waals surface area contributed by atoms with E-state index >= 15 is 0 Å². The molecule has 2 unspecified atom stereocenters. The fraction of sp³-hybridized carbons (Fsp3) is 0.462. The fourth-order valence-corrected chi connectivity index (χ4v) is 4.93. The van der Waals surface area contributed by atoms with Crippen molar-refractivity contribution in [3.8, 4) is 5.75 Å². The van der Waals surface area contributed by atoms with Gasteiger partial charge in [-0.05, 0) is 66.9 Å². The van der Waals surface area contributed by atoms with Gasteiger partial charge in [0.2, 0.25) is 0 Å². The Labute approximate surface area is 231 Å². The molecule has 1 aliphatic heterocycles. The summed E-state index contributed by atoms with van der Waals surface area (Å²) in [6.45, 7) is 3.24. The summed E-state index contributed by atoms with van der Waals surface area (Å²) in [6, 6.07) is 5.29. The third-order valence-corrected chi connectivity index (χ3v) is 6.78. The maximum absolute atomic E-state index is 13.6. The molecular formula is C26H28F6N6O3. The molecule has 15 heteroatoms. The minimum Gasteiger partial charge on any atom is -0.497 e. The number of carbonyl (C=O) groups excluding carboxylic acids is 1. The lowest BCUT2D eigenvalue weighted by molar-refractivity contribution is -0.143. The Hall–Kier alpha value is -4.04. The lowest BCUT2D eigenvalue weighted by atomic mass is 9.88. The van der Waals surface area contributed by atoms with E-state index in [0.29, 0.717) is 35.6 Å². The molecule has 3 aromatic rings. The number of hydrogen-bond acceptors (Lipinski definition) is 7. The molecule has 2 aromatic carbocycles. The molecule has 222 valence electrons. The molecule has 1 aromatic heterocycles. The number of halogens is 6. The Balaban J connectivity index is 1.89. The number of aryl methyl sites for hydroxylation is 1. The summed E-state index contributed by atoms with van der Waals surface area (Å²) in [5.74, 6) is 0.412. The average molecular weight is 587 g/mol. The van der Waals surface area contributed by atoms with E-state index in [9.17, 15) is 31.1 Å². The average Bonchev–Trinajstić information content (AvgIpc) is 3.35. The van der Waals surface area contributed by atoms with Crippen LogP contribution in [0.3, 0.4) is 0 Å². The number of amides is 1. The van der Waals surface area contributed by atoms with Gasteiger partial charge in [-0.2, -0.15) is 31.1 Å². The van der Waals surface area contributed by atoms with Crippen LogP contribution in [0.1, 0.15) is 55.0 Å². The van der Waals surface area contributed by atoms with Gasteiger partial charge in [-0.15, -0.1) is 5.10 Å². The third-order valence-electron chi connectivity index (χ3n) is 6.78. The number of tetrazole rings is 1. The topological polar surface area (TPSA) is 85.6 Å². The summed E-state index contributed by atoms with van der Waals surface area (Å²) in [5.41, 5.74) is -2.14. The molecule has 4 rings (SSSR count). The van der Waals surface area contributed by atoms with Crippen LogP contribution in [0.5, 0.6) is 5.75 Å². The van der Waals surface area contributed by atoms with Gasteiger partial charge in [-0.25, -0.2) is 4.79 Å². The molecule has 9 nitrogen and oxygen atoms in total. The highest BCUT2D eigenvalue weighted by atomic mass is 19.4. The summed E-state index contributed by atoms with van der Waals surface area (Å²) in [4.78, 5) is 17.1. The fourth-order valence-electron chi connectivity index (χ4n) is 4.93. The zero-order valence-corrected chi connectivity index (χ0v) is 22.6. The lowest BCUT2D eigenvalue weighted by Gasteiger charge is -2.43. The molecule has 2 heterocycles. The molecule has 0 fully saturated rings. The van der Waals surface area contributed by atoms with Crippen LogP contribution in [0.15, 0.2) is 36.4 Å². The minimum atomic E-state index is -5.01. The van der Waals surface area contributed by atoms with Crippen molar-refractivity contribution in [2.75, 3.05) is 23.5 Å². The van der Waals surface area contributed by atoms with Crippen LogP contribution < -0.4 is 14.5 Å². The zero-order chi connectivity index (χ0) is 30.1. The Morgan fingerprint density at radius 3 is 2.22 bits per heavy atom. The van der Waals surface area contributed by atoms with Crippen LogP contribution >= 0.6 is 0 Å². The van der Waals surface area contributed by atoms with Crippen molar-refractivity contribution in [3.63, 3.8) is 0 Å². The second-order valence-corrected chi connectivity index (χ2v) is 9.43. The van der Waals surface area contributed by atoms with Crippen molar-refractivity contribution in [2.45, 2.75) is 57.7 Å². The summed E-state index contributed by atoms with van der Waals surface area (Å²) in [6.07, 6.45) is -9.89. The Morgan fingerprint density at radius 1 is 1.05 bits per heavy atom. The van der Waals surface area contributed by atoms with Gasteiger partial charge >= 0.3 is 18.4 Å². The van der Waals surface area contributed by atoms with Gasteiger partial charge in [0.05, 0.1) is 43.6 Å². The van der Waals surface area contributed by atoms with Crippen molar-refractivity contribution in [1.82, 2.24) is 20.2 Å². The molecule has 41 heavy (non-hydrogen) atoms. The number of anilines is 2. The van der Waals surface area contributed by atoms with Crippen LogP contribution in [0.25, 0.3) is 0 Å². The van der Waals surface area contributed by atoms with Gasteiger partial charge in [-0.1, -0.05) is 12.0 Å². The van der Waals surface area contributed by atoms with Crippen LogP contribution in [-0.2, 0) is 30.7 Å². The highest BCUT2D eigenvalue weighted by Gasteiger charge is 2.41. The van der Waals surface area contributed by atoms with Gasteiger partial charge < -0.3 is 14.4 Å². The first-order chi connectivity index (χ1) is 19.3. The number of rotatable bonds is 7. The molecule has 0 N–H and O–H groups in total. The van der Waals surface area contributed by atoms with E-state index in [1.165, 1.54) is 24.0 Å². The number of methoxy groups -OCH3 is 1. The van der Waals surface area contributed by atoms with E-state index < -0.39 is 48.2 Å². The Bertz CT molecular complexity index is 1360. The van der Waals surface area contributed by atoms with Crippen molar-refractivity contribution in [3.05, 3.63) is 58.7 Å². The smallest absolute Gasteiger partial charge is 0.416 e. The van der Waals surface area contributed by atoms with Crippen molar-refractivity contribution >= 4 is 17.7 Å². The van der Waals surface area contributed by atoms with E-state index in [1.807, 2.05) is 6.92 Å². The predicted molar refractivity (Wildman–Crippen MR) is 135 cm³/mol. The summed E-state index contributed by atoms with van der Waals surface area (Å²) >= 11 is 0. The maximum atomic E-state index is 13.6. The number of ether oxygens (including phenoxy) is 2. The third kappa shape index (κ3) is 6.33. The van der Waals surface area contributed by atoms with E-state index in [0.717, 1.165) is 4.80 Å². The molecule has 0 radical (unpaired) electrons. The lowest BCUT2D eigenvalue weighted by Crippen LogP contribution is -2.48. The molecule has 2 atom stereocenters. The Kier molecular flexibility index (Phi) is 8.36. The van der Waals surface area contributed by atoms with Crippen LogP contribution in [-0.4, -0.2) is 46.1 Å². The SMILES string of the molecule is CCOC(=O)N1c2ccc(OC)cc2C(N(Cc2cc(C(F)(F)F)cc(C(F)(F)F)c2)c2nnn(C)n2)CC1CC. The van der Waals surface area contributed by atoms with Crippen LogP contribution in [0.4, 0.5) is 42.8 Å². The maximum Gasteiger partial charge on any atom is 0.416 e. The van der Waals surface area contributed by atoms with Gasteiger partial charge in [0.25, 0.3) is 5.95 Å². The normalized spacial score (nSPS) is 17.3. The summed E-state index contributed by atoms with van der Waals surface area (Å²) < 4.78 is 92.5. The number of benzene rings is 2. The van der Waals surface area contributed by atoms with E-state index in [4.69, 9.17) is 9.47 Å². The molecule has 0 spiro atoms. The first-order valence-corrected chi connectivity index (χ1v) is 12.7. The van der Waals surface area contributed by atoms with Gasteiger partial charge in [0, 0.05) is 18.2 Å². The van der Waals surface area contributed by atoms with E-state index in [-0.39, 0.29) is 30.6 Å². The molecule has 1 aliphatic rings. The van der Waals surface area contributed by atoms with Gasteiger partial charge in [0.1, 0.15) is 5.75 Å². The second-order valence-electron chi connectivity index (χ2n) is 9.43. The Morgan fingerprint density at radius 2 is 1.71 bits per heavy atom. The van der Waals surface area contributed by atoms with Crippen LogP contribution in [0, 0.1) is 0 Å². The van der Waals surface area contributed by atoms with Gasteiger partial charge in [0.15, 0.2) is 0 Å². The first-order valence-electron chi connectivity index (χ1n) is 12.7. The van der Waals surface area contributed by atoms with E-state index in [2.05, 4.69) is 15.4 Å². The predicted octanol–water partition coefficient (Wildman–Crippen LogP) is 6.15. The second kappa shape index (κ2) is 11.4. The number of alkyl halides is 6. The standard InChI is InChI=1S/C26H28F6N6O3/c1-5-18-12-22(20-13-19(40-4)7-8-21(20)38(18)24(39)41-6-2)37(23-33-35-36(3)34-23)14-15-9-16(25(27,28)29)11-17(10-15)26(30,31)32/h7-11,13,18,22H,5-6,12,14H2,1-4H3. The molecule has 0 saturated carbocycles. The molecule has 0 saturated heterocycles. The minimum absolute atomic E-state index is 0.0170. The first kappa shape index (κ1) is 29.9. The van der Waals surface area contributed by atoms with Crippen LogP contribution in [0.2, 0.25) is 0 Å². The summed E-state index contributed by atoms with van der Waals surface area (Å²) in [5, 5.41) is 12.1. The highest BCUT2D eigenvalue weighted by molar-refractivity contribution is 5.90. The highest BCUT2D eigenvalue weighted by Crippen LogP contribution is 2.45. The zero-order valence-electron chi connectivity index (χ0n) is 22.6. The van der Waals surface area contributed by atoms with Crippen molar-refractivity contribution in [2.24, 2.45) is 7.05 Å². The van der Waals surface area contributed by atoms with E-state index in [1.54, 1.807) is 25.1 Å². The quantitative estimate of drug-likeness (QED) is 0.307. The molecule has 1 amide bonds. The van der Waals surface area contributed by atoms with Crippen molar-refractivity contribution < 1.29 is 40.6 Å². The molecule has 0 bridgehead atoms. The monoisotopic (exact) mass is 586 g/mol. The number of aromatic nitrogens is 4. The number of nitrogens with zero attached hydrogens (tertiary/aromatic N) is 6. The molecular weight excluding hydrogens is 558 g/mol. The number of hydrogen-bond donors (Lipinski definition) is 0. The largest absolute Gasteiger partial charge is 0.497 e. The molecule has 0 aliphatic carbocycles. The summed E-state index contributed by atoms with van der Waals surface area (Å²) in [7, 11) is 2.93.